The van der Waals surface area contributed by atoms with Gasteiger partial charge in [-0.05, 0) is 30.4 Å². The Morgan fingerprint density at radius 2 is 2.15 bits per heavy atom. The summed E-state index contributed by atoms with van der Waals surface area (Å²) in [5, 5.41) is 20.6. The minimum atomic E-state index is -0.665. The summed E-state index contributed by atoms with van der Waals surface area (Å²) in [5.41, 5.74) is 0.807. The molecule has 1 unspecified atom stereocenters. The molecule has 0 radical (unpaired) electrons. The molecule has 0 bridgehead atoms. The van der Waals surface area contributed by atoms with Crippen LogP contribution < -0.4 is 0 Å². The van der Waals surface area contributed by atoms with Crippen molar-refractivity contribution in [3.63, 3.8) is 0 Å². The second kappa shape index (κ2) is 9.92. The van der Waals surface area contributed by atoms with E-state index in [9.17, 15) is 19.8 Å². The van der Waals surface area contributed by atoms with E-state index in [0.29, 0.717) is 18.4 Å². The molecule has 0 saturated heterocycles. The summed E-state index contributed by atoms with van der Waals surface area (Å²) < 4.78 is 10.1. The summed E-state index contributed by atoms with van der Waals surface area (Å²) in [6.45, 7) is 1.93. The molecule has 3 atom stereocenters. The third kappa shape index (κ3) is 5.96. The SMILES string of the molecule is COC(=O)/C=C\CC1C[C@@H](O)[C@@H](C)C/C=C/Cc2cccc(O)c2C(=O)O1. The molecule has 146 valence electrons. The lowest BCUT2D eigenvalue weighted by atomic mass is 9.93. The number of allylic oxidation sites excluding steroid dienone is 2. The molecule has 0 saturated carbocycles. The number of phenols is 1. The fraction of sp³-hybridized carbons (Fsp3) is 0.429. The largest absolute Gasteiger partial charge is 0.507 e. The zero-order valence-corrected chi connectivity index (χ0v) is 15.6. The van der Waals surface area contributed by atoms with Gasteiger partial charge in [0.05, 0.1) is 13.2 Å². The van der Waals surface area contributed by atoms with E-state index in [2.05, 4.69) is 4.74 Å². The number of fused-ring (bicyclic) bond motifs is 1. The first kappa shape index (κ1) is 20.7. The van der Waals surface area contributed by atoms with Crippen molar-refractivity contribution in [1.82, 2.24) is 0 Å². The molecule has 6 nitrogen and oxygen atoms in total. The monoisotopic (exact) mass is 374 g/mol. The summed E-state index contributed by atoms with van der Waals surface area (Å²) in [7, 11) is 1.28. The van der Waals surface area contributed by atoms with E-state index < -0.39 is 24.1 Å². The van der Waals surface area contributed by atoms with Crippen LogP contribution in [0.5, 0.6) is 5.75 Å². The second-order valence-corrected chi connectivity index (χ2v) is 6.69. The third-order valence-corrected chi connectivity index (χ3v) is 4.63. The summed E-state index contributed by atoms with van der Waals surface area (Å²) in [6, 6.07) is 4.90. The van der Waals surface area contributed by atoms with Crippen molar-refractivity contribution < 1.29 is 29.3 Å². The van der Waals surface area contributed by atoms with Gasteiger partial charge in [-0.1, -0.05) is 37.3 Å². The van der Waals surface area contributed by atoms with Gasteiger partial charge in [-0.25, -0.2) is 9.59 Å². The van der Waals surface area contributed by atoms with Gasteiger partial charge < -0.3 is 19.7 Å². The van der Waals surface area contributed by atoms with Crippen LogP contribution in [0.15, 0.2) is 42.5 Å². The molecule has 1 heterocycles. The van der Waals surface area contributed by atoms with E-state index in [1.54, 1.807) is 18.2 Å². The average Bonchev–Trinajstić information content (AvgIpc) is 2.63. The summed E-state index contributed by atoms with van der Waals surface area (Å²) in [6.07, 6.45) is 7.07. The quantitative estimate of drug-likeness (QED) is 0.480. The standard InChI is InChI=1S/C21H26O6/c1-14-7-3-4-8-15-9-5-11-17(22)20(15)21(25)27-16(13-18(14)23)10-6-12-19(24)26-2/h3-6,9,11-12,14,16,18,22-23H,7-8,10,13H2,1-2H3/b4-3+,12-6-/t14-,16?,18+/m0/s1. The van der Waals surface area contributed by atoms with Crippen LogP contribution in [0.3, 0.4) is 0 Å². The Morgan fingerprint density at radius 3 is 2.89 bits per heavy atom. The molecule has 0 spiro atoms. The van der Waals surface area contributed by atoms with Crippen LogP contribution in [0.2, 0.25) is 0 Å². The van der Waals surface area contributed by atoms with Crippen molar-refractivity contribution in [2.24, 2.45) is 5.92 Å². The van der Waals surface area contributed by atoms with Gasteiger partial charge in [-0.3, -0.25) is 0 Å². The Labute approximate surface area is 159 Å². The highest BCUT2D eigenvalue weighted by Gasteiger charge is 2.25. The number of methoxy groups -OCH3 is 1. The number of benzene rings is 1. The van der Waals surface area contributed by atoms with Crippen molar-refractivity contribution in [2.75, 3.05) is 7.11 Å². The zero-order chi connectivity index (χ0) is 19.8. The number of ether oxygens (including phenoxy) is 2. The Bertz CT molecular complexity index is 721. The van der Waals surface area contributed by atoms with Gasteiger partial charge in [0.25, 0.3) is 0 Å². The third-order valence-electron chi connectivity index (χ3n) is 4.63. The topological polar surface area (TPSA) is 93.1 Å². The fourth-order valence-corrected chi connectivity index (χ4v) is 2.96. The van der Waals surface area contributed by atoms with Gasteiger partial charge in [0.15, 0.2) is 0 Å². The first-order valence-electron chi connectivity index (χ1n) is 9.01. The van der Waals surface area contributed by atoms with Gasteiger partial charge in [0.1, 0.15) is 17.4 Å². The molecule has 1 aromatic carbocycles. The smallest absolute Gasteiger partial charge is 0.342 e. The van der Waals surface area contributed by atoms with Gasteiger partial charge in [0.2, 0.25) is 0 Å². The average molecular weight is 374 g/mol. The van der Waals surface area contributed by atoms with Crippen molar-refractivity contribution in [1.29, 1.82) is 0 Å². The second-order valence-electron chi connectivity index (χ2n) is 6.69. The molecule has 0 aromatic heterocycles. The lowest BCUT2D eigenvalue weighted by Crippen LogP contribution is -2.28. The lowest BCUT2D eigenvalue weighted by Gasteiger charge is -2.24. The van der Waals surface area contributed by atoms with E-state index >= 15 is 0 Å². The molecule has 0 aliphatic carbocycles. The van der Waals surface area contributed by atoms with Crippen molar-refractivity contribution in [2.45, 2.75) is 44.8 Å². The highest BCUT2D eigenvalue weighted by Crippen LogP contribution is 2.26. The molecule has 2 N–H and O–H groups in total. The summed E-state index contributed by atoms with van der Waals surface area (Å²) in [5.74, 6) is -1.29. The summed E-state index contributed by atoms with van der Waals surface area (Å²) in [4.78, 5) is 23.9. The molecular formula is C21H26O6. The van der Waals surface area contributed by atoms with E-state index in [1.807, 2.05) is 19.1 Å². The van der Waals surface area contributed by atoms with Crippen molar-refractivity contribution in [3.05, 3.63) is 53.6 Å². The Morgan fingerprint density at radius 1 is 1.37 bits per heavy atom. The number of esters is 2. The van der Waals surface area contributed by atoms with Crippen molar-refractivity contribution in [3.8, 4) is 5.75 Å². The normalized spacial score (nSPS) is 25.0. The number of aromatic hydroxyl groups is 1. The number of carbonyl (C=O) groups is 2. The molecule has 2 rings (SSSR count). The number of cyclic esters (lactones) is 1. The summed E-state index contributed by atoms with van der Waals surface area (Å²) >= 11 is 0. The highest BCUT2D eigenvalue weighted by atomic mass is 16.5. The maximum atomic E-state index is 12.7. The number of phenolic OH excluding ortho intramolecular Hbond substituents is 1. The van der Waals surface area contributed by atoms with Crippen LogP contribution in [-0.2, 0) is 20.7 Å². The van der Waals surface area contributed by atoms with Crippen LogP contribution in [0.25, 0.3) is 0 Å². The van der Waals surface area contributed by atoms with Crippen LogP contribution in [-0.4, -0.2) is 41.5 Å². The molecule has 1 aliphatic heterocycles. The predicted molar refractivity (Wildman–Crippen MR) is 100 cm³/mol. The van der Waals surface area contributed by atoms with Gasteiger partial charge >= 0.3 is 11.9 Å². The molecular weight excluding hydrogens is 348 g/mol. The van der Waals surface area contributed by atoms with Crippen molar-refractivity contribution >= 4 is 11.9 Å². The first-order valence-corrected chi connectivity index (χ1v) is 9.01. The van der Waals surface area contributed by atoms with Gasteiger partial charge in [-0.2, -0.15) is 0 Å². The predicted octanol–water partition coefficient (Wildman–Crippen LogP) is 2.93. The van der Waals surface area contributed by atoms with Crippen LogP contribution in [0.4, 0.5) is 0 Å². The zero-order valence-electron chi connectivity index (χ0n) is 15.6. The molecule has 0 amide bonds. The van der Waals surface area contributed by atoms with Gasteiger partial charge in [-0.15, -0.1) is 0 Å². The molecule has 1 aliphatic rings. The first-order chi connectivity index (χ1) is 12.9. The van der Waals surface area contributed by atoms with E-state index in [4.69, 9.17) is 4.74 Å². The number of hydrogen-bond donors (Lipinski definition) is 2. The number of hydrogen-bond acceptors (Lipinski definition) is 6. The molecule has 1 aromatic rings. The molecule has 27 heavy (non-hydrogen) atoms. The Kier molecular flexibility index (Phi) is 7.61. The maximum Gasteiger partial charge on any atom is 0.342 e. The minimum Gasteiger partial charge on any atom is -0.507 e. The Balaban J connectivity index is 2.29. The maximum absolute atomic E-state index is 12.7. The number of carbonyl (C=O) groups excluding carboxylic acids is 2. The molecule has 6 heteroatoms. The van der Waals surface area contributed by atoms with Crippen LogP contribution >= 0.6 is 0 Å². The molecule has 0 fully saturated rings. The Hall–Kier alpha value is -2.60. The minimum absolute atomic E-state index is 0.00453. The number of rotatable bonds is 3. The van der Waals surface area contributed by atoms with E-state index in [0.717, 1.165) is 0 Å². The van der Waals surface area contributed by atoms with Crippen LogP contribution in [0.1, 0.15) is 42.1 Å². The number of aliphatic hydroxyl groups is 1. The lowest BCUT2D eigenvalue weighted by molar-refractivity contribution is -0.134. The van der Waals surface area contributed by atoms with E-state index in [-0.39, 0.29) is 30.1 Å². The fourth-order valence-electron chi connectivity index (χ4n) is 2.96. The van der Waals surface area contributed by atoms with Crippen LogP contribution in [0, 0.1) is 5.92 Å². The highest BCUT2D eigenvalue weighted by molar-refractivity contribution is 5.94. The van der Waals surface area contributed by atoms with Gasteiger partial charge in [0, 0.05) is 18.9 Å². The van der Waals surface area contributed by atoms with E-state index in [1.165, 1.54) is 19.3 Å². The number of aliphatic hydroxyl groups excluding tert-OH is 1.